The zero-order chi connectivity index (χ0) is 63.7. The van der Waals surface area contributed by atoms with Crippen LogP contribution in [0.3, 0.4) is 0 Å². The fourth-order valence-electron chi connectivity index (χ4n) is 10.1. The molecule has 0 aliphatic carbocycles. The highest BCUT2D eigenvalue weighted by Gasteiger charge is 2.40. The fourth-order valence-corrected chi connectivity index (χ4v) is 10.1. The number of likely N-dealkylation sites (tertiary alicyclic amines) is 1. The Hall–Kier alpha value is -9.82. The molecule has 20 N–H and O–H groups in total. The van der Waals surface area contributed by atoms with E-state index in [9.17, 15) is 48.3 Å². The molecule has 27 nitrogen and oxygen atoms in total. The maximum atomic E-state index is 15.1. The summed E-state index contributed by atoms with van der Waals surface area (Å²) in [5.74, 6) is -8.52. The van der Waals surface area contributed by atoms with Crippen molar-refractivity contribution < 1.29 is 53.1 Å². The minimum atomic E-state index is -1.51. The molecule has 4 aromatic carbocycles. The number of aliphatic imine (C=N–C) groups is 2. The lowest BCUT2D eigenvalue weighted by Gasteiger charge is -2.31. The zero-order valence-corrected chi connectivity index (χ0v) is 49.2. The van der Waals surface area contributed by atoms with Gasteiger partial charge in [0, 0.05) is 45.8 Å². The van der Waals surface area contributed by atoms with E-state index in [0.29, 0.717) is 23.1 Å². The highest BCUT2D eigenvalue weighted by Crippen LogP contribution is 2.23. The normalized spacial score (nSPS) is 15.2. The van der Waals surface area contributed by atoms with E-state index in [4.69, 9.17) is 34.4 Å². The van der Waals surface area contributed by atoms with Crippen LogP contribution < -0.4 is 71.6 Å². The van der Waals surface area contributed by atoms with Gasteiger partial charge in [-0.3, -0.25) is 57.9 Å². The minimum absolute atomic E-state index is 0.000755. The Morgan fingerprint density at radius 1 is 0.552 bits per heavy atom. The number of amides is 10. The van der Waals surface area contributed by atoms with Crippen LogP contribution in [0.25, 0.3) is 10.8 Å². The number of guanidine groups is 2. The molecule has 4 aromatic rings. The van der Waals surface area contributed by atoms with Crippen LogP contribution in [-0.2, 0) is 67.2 Å². The number of carbonyl (C=O) groups is 10. The largest absolute Gasteiger partial charge is 0.508 e. The molecule has 1 fully saturated rings. The van der Waals surface area contributed by atoms with Crippen molar-refractivity contribution in [1.82, 2.24) is 42.1 Å². The maximum Gasteiger partial charge on any atom is 0.245 e. The standard InChI is InChI=1S/C60H82N16O11/c1-34(2)29-45(73-55(84)47(30-36-13-5-4-6-14-36)74-54(83)46(69-35(3)77)31-37-22-24-40(78)25-23-37)53(82)75-48(32-39-17-9-16-38-15-7-8-18-41(38)39)56(85)71-43(20-11-27-68-60(65)66)58(87)76-28-12-21-49(76)57(86)70-42(19-10-26-67-59(63)64)52(81)72-44(51(62)80)33-50(61)79/h4-9,13-18,22-25,34,42-49,78H,10-12,19-21,26-33H2,1-3H3,(H2,61,79)(H2,62,80)(H,69,77)(H,70,86)(H,71,85)(H,72,81)(H,73,84)(H,74,83)(H,75,82)(H4,63,64,67)(H4,65,66,68)/t42-,43-,44-,45-,46-,47-,48-,49-/m0/s1. The molecule has 0 aromatic heterocycles. The predicted molar refractivity (Wildman–Crippen MR) is 326 cm³/mol. The van der Waals surface area contributed by atoms with E-state index in [1.807, 2.05) is 44.2 Å². The van der Waals surface area contributed by atoms with E-state index in [1.54, 1.807) is 54.6 Å². The second kappa shape index (κ2) is 33.6. The second-order valence-corrected chi connectivity index (χ2v) is 21.8. The third-order valence-corrected chi connectivity index (χ3v) is 14.3. The van der Waals surface area contributed by atoms with Crippen molar-refractivity contribution in [2.75, 3.05) is 19.6 Å². The van der Waals surface area contributed by atoms with Crippen LogP contribution in [-0.4, -0.2) is 149 Å². The molecule has 5 rings (SSSR count). The van der Waals surface area contributed by atoms with Crippen molar-refractivity contribution in [3.05, 3.63) is 114 Å². The van der Waals surface area contributed by atoms with Crippen molar-refractivity contribution in [3.63, 3.8) is 0 Å². The van der Waals surface area contributed by atoms with Crippen LogP contribution in [0.15, 0.2) is 107 Å². The number of primary amides is 2. The second-order valence-electron chi connectivity index (χ2n) is 21.8. The average Bonchev–Trinajstić information content (AvgIpc) is 3.69. The van der Waals surface area contributed by atoms with Crippen LogP contribution in [0, 0.1) is 5.92 Å². The molecule has 27 heteroatoms. The van der Waals surface area contributed by atoms with Gasteiger partial charge in [0.05, 0.1) is 6.42 Å². The zero-order valence-electron chi connectivity index (χ0n) is 49.2. The van der Waals surface area contributed by atoms with Gasteiger partial charge in [-0.2, -0.15) is 0 Å². The first-order valence-corrected chi connectivity index (χ1v) is 28.8. The summed E-state index contributed by atoms with van der Waals surface area (Å²) < 4.78 is 0. The van der Waals surface area contributed by atoms with E-state index in [2.05, 4.69) is 47.2 Å². The third kappa shape index (κ3) is 22.3. The molecule has 0 bridgehead atoms. The number of nitrogens with two attached hydrogens (primary N) is 6. The number of phenols is 1. The van der Waals surface area contributed by atoms with Gasteiger partial charge in [-0.1, -0.05) is 98.8 Å². The summed E-state index contributed by atoms with van der Waals surface area (Å²) in [6.45, 7) is 5.05. The van der Waals surface area contributed by atoms with Crippen molar-refractivity contribution in [2.45, 2.75) is 140 Å². The van der Waals surface area contributed by atoms with Gasteiger partial charge >= 0.3 is 0 Å². The molecule has 87 heavy (non-hydrogen) atoms. The number of nitrogens with one attached hydrogen (secondary N) is 7. The lowest BCUT2D eigenvalue weighted by molar-refractivity contribution is -0.142. The molecule has 468 valence electrons. The van der Waals surface area contributed by atoms with Gasteiger partial charge in [0.25, 0.3) is 0 Å². The fraction of sp³-hybridized carbons (Fsp3) is 0.433. The van der Waals surface area contributed by atoms with Gasteiger partial charge in [-0.15, -0.1) is 0 Å². The highest BCUT2D eigenvalue weighted by molar-refractivity contribution is 5.99. The van der Waals surface area contributed by atoms with E-state index in [1.165, 1.54) is 24.0 Å². The molecule has 0 radical (unpaired) electrons. The number of fused-ring (bicyclic) bond motifs is 1. The molecule has 10 amide bonds. The summed E-state index contributed by atoms with van der Waals surface area (Å²) in [4.78, 5) is 147. The smallest absolute Gasteiger partial charge is 0.245 e. The Balaban J connectivity index is 1.46. The third-order valence-electron chi connectivity index (χ3n) is 14.3. The van der Waals surface area contributed by atoms with Crippen LogP contribution in [0.1, 0.15) is 88.8 Å². The SMILES string of the molecule is CC(=O)N[C@@H](Cc1ccc(O)cc1)C(=O)N[C@@H](Cc1ccccc1)C(=O)N[C@@H](CC(C)C)C(=O)N[C@@H](Cc1cccc2ccccc12)C(=O)N[C@@H](CCCN=C(N)N)C(=O)N1CCC[C@H]1C(=O)N[C@@H](CCCN=C(N)N)C(=O)N[C@@H](CC(N)=O)C(N)=O. The summed E-state index contributed by atoms with van der Waals surface area (Å²) >= 11 is 0. The van der Waals surface area contributed by atoms with Crippen molar-refractivity contribution in [1.29, 1.82) is 0 Å². The number of carbonyl (C=O) groups excluding carboxylic acids is 10. The summed E-state index contributed by atoms with van der Waals surface area (Å²) in [5, 5.41) is 30.5. The first-order valence-electron chi connectivity index (χ1n) is 28.8. The van der Waals surface area contributed by atoms with Gasteiger partial charge in [0.2, 0.25) is 59.1 Å². The minimum Gasteiger partial charge on any atom is -0.508 e. The summed E-state index contributed by atoms with van der Waals surface area (Å²) in [5.41, 5.74) is 34.9. The van der Waals surface area contributed by atoms with Crippen molar-refractivity contribution in [2.24, 2.45) is 50.3 Å². The molecule has 0 unspecified atom stereocenters. The van der Waals surface area contributed by atoms with Crippen LogP contribution in [0.4, 0.5) is 0 Å². The first-order chi connectivity index (χ1) is 41.4. The Labute approximate surface area is 504 Å². The molecular weight excluding hydrogens is 1120 g/mol. The topological polar surface area (TPSA) is 459 Å². The van der Waals surface area contributed by atoms with E-state index >= 15 is 4.79 Å². The van der Waals surface area contributed by atoms with Crippen molar-refractivity contribution in [3.8, 4) is 5.75 Å². The molecule has 1 saturated heterocycles. The molecule has 8 atom stereocenters. The average molecular weight is 1200 g/mol. The molecular formula is C60H82N16O11. The summed E-state index contributed by atoms with van der Waals surface area (Å²) in [6, 6.07) is 17.2. The number of nitrogens with zero attached hydrogens (tertiary/aromatic N) is 3. The number of rotatable bonds is 33. The van der Waals surface area contributed by atoms with Gasteiger partial charge in [-0.05, 0) is 90.5 Å². The Kier molecular flexibility index (Phi) is 26.3. The molecule has 0 spiro atoms. The number of hydrogen-bond acceptors (Lipinski definition) is 13. The van der Waals surface area contributed by atoms with Gasteiger partial charge < -0.3 is 81.6 Å². The van der Waals surface area contributed by atoms with E-state index in [0.717, 1.165) is 10.8 Å². The number of aromatic hydroxyl groups is 1. The van der Waals surface area contributed by atoms with Crippen LogP contribution in [0.5, 0.6) is 5.75 Å². The quantitative estimate of drug-likeness (QED) is 0.0147. The summed E-state index contributed by atoms with van der Waals surface area (Å²) in [7, 11) is 0. The highest BCUT2D eigenvalue weighted by atomic mass is 16.3. The molecule has 0 saturated carbocycles. The predicted octanol–water partition coefficient (Wildman–Crippen LogP) is -1.51. The molecule has 1 aliphatic rings. The first kappa shape index (κ1) is 68.0. The van der Waals surface area contributed by atoms with Gasteiger partial charge in [-0.25, -0.2) is 0 Å². The lowest BCUT2D eigenvalue weighted by atomic mass is 9.96. The van der Waals surface area contributed by atoms with Crippen LogP contribution >= 0.6 is 0 Å². The van der Waals surface area contributed by atoms with E-state index in [-0.39, 0.29) is 101 Å². The monoisotopic (exact) mass is 1200 g/mol. The number of hydrogen-bond donors (Lipinski definition) is 14. The number of benzene rings is 4. The van der Waals surface area contributed by atoms with Gasteiger partial charge in [0.1, 0.15) is 54.1 Å². The Bertz CT molecular complexity index is 3110. The van der Waals surface area contributed by atoms with E-state index < -0.39 is 114 Å². The Morgan fingerprint density at radius 3 is 1.62 bits per heavy atom. The molecule has 1 aliphatic heterocycles. The van der Waals surface area contributed by atoms with Crippen LogP contribution in [0.2, 0.25) is 0 Å². The number of phenolic OH excluding ortho intramolecular Hbond substituents is 1. The van der Waals surface area contributed by atoms with Gasteiger partial charge in [0.15, 0.2) is 11.9 Å². The molecule has 1 heterocycles. The lowest BCUT2D eigenvalue weighted by Crippen LogP contribution is -2.61. The maximum absolute atomic E-state index is 15.1. The Morgan fingerprint density at radius 2 is 1.05 bits per heavy atom. The van der Waals surface area contributed by atoms with Crippen molar-refractivity contribution >= 4 is 81.8 Å². The summed E-state index contributed by atoms with van der Waals surface area (Å²) in [6.07, 6.45) is -0.0711.